The van der Waals surface area contributed by atoms with Gasteiger partial charge in [-0.05, 0) is 6.92 Å². The molecule has 1 aromatic heterocycles. The second-order valence-electron chi connectivity index (χ2n) is 2.06. The molecule has 0 aliphatic heterocycles. The van der Waals surface area contributed by atoms with Crippen LogP contribution in [-0.4, -0.2) is 4.98 Å². The van der Waals surface area contributed by atoms with E-state index in [2.05, 4.69) is 4.98 Å². The van der Waals surface area contributed by atoms with Crippen molar-refractivity contribution in [1.29, 1.82) is 0 Å². The normalized spacial score (nSPS) is 10.4. The van der Waals surface area contributed by atoms with Gasteiger partial charge in [0.25, 0.3) is 0 Å². The van der Waals surface area contributed by atoms with Crippen LogP contribution in [0.3, 0.4) is 0 Å². The van der Waals surface area contributed by atoms with E-state index in [1.54, 1.807) is 0 Å². The maximum Gasteiger partial charge on any atom is 0.0815 e. The van der Waals surface area contributed by atoms with E-state index in [-0.39, 0.29) is 0 Å². The van der Waals surface area contributed by atoms with Gasteiger partial charge in [-0.15, -0.1) is 0 Å². The lowest BCUT2D eigenvalue weighted by Gasteiger charge is -1.88. The summed E-state index contributed by atoms with van der Waals surface area (Å²) >= 11 is 11.5. The summed E-state index contributed by atoms with van der Waals surface area (Å²) < 4.78 is 0. The summed E-state index contributed by atoms with van der Waals surface area (Å²) in [6, 6.07) is 0. The van der Waals surface area contributed by atoms with Gasteiger partial charge in [0.2, 0.25) is 0 Å². The molecule has 0 fully saturated rings. The molecule has 0 aliphatic carbocycles. The molecule has 0 atom stereocenters. The molecule has 1 rings (SSSR count). The third-order valence-electron chi connectivity index (χ3n) is 1.33. The van der Waals surface area contributed by atoms with Gasteiger partial charge in [-0.2, -0.15) is 0 Å². The van der Waals surface area contributed by atoms with Crippen molar-refractivity contribution in [3.8, 4) is 0 Å². The Labute approximate surface area is 69.3 Å². The Morgan fingerprint density at radius 1 is 1.40 bits per heavy atom. The molecule has 0 saturated heterocycles. The van der Waals surface area contributed by atoms with Crippen LogP contribution in [0.25, 0.3) is 0 Å². The monoisotopic (exact) mass is 178 g/mol. The number of nitrogens with two attached hydrogens (primary N) is 1. The molecule has 3 N–H and O–H groups in total. The predicted molar refractivity (Wildman–Crippen MR) is 43.4 cm³/mol. The lowest BCUT2D eigenvalue weighted by molar-refractivity contribution is 0.999. The Bertz CT molecular complexity index is 242. The minimum Gasteiger partial charge on any atom is -0.359 e. The smallest absolute Gasteiger partial charge is 0.0815 e. The lowest BCUT2D eigenvalue weighted by atomic mass is 10.4. The average molecular weight is 179 g/mol. The minimum absolute atomic E-state index is 0.395. The molecule has 56 valence electrons. The highest BCUT2D eigenvalue weighted by atomic mass is 35.5. The first-order valence-corrected chi connectivity index (χ1v) is 3.65. The molecule has 0 spiro atoms. The third-order valence-corrected chi connectivity index (χ3v) is 2.32. The van der Waals surface area contributed by atoms with Crippen molar-refractivity contribution in [2.75, 3.05) is 0 Å². The average Bonchev–Trinajstić information content (AvgIpc) is 2.17. The molecule has 0 aliphatic rings. The fourth-order valence-electron chi connectivity index (χ4n) is 0.774. The first-order valence-electron chi connectivity index (χ1n) is 2.89. The van der Waals surface area contributed by atoms with Gasteiger partial charge in [-0.3, -0.25) is 0 Å². The van der Waals surface area contributed by atoms with Crippen LogP contribution in [0.4, 0.5) is 0 Å². The molecule has 0 unspecified atom stereocenters. The molecule has 1 aromatic rings. The molecular formula is C6H8Cl2N2. The number of aromatic amines is 1. The number of nitrogens with one attached hydrogen (secondary N) is 1. The quantitative estimate of drug-likeness (QED) is 0.680. The number of aromatic nitrogens is 1. The van der Waals surface area contributed by atoms with Gasteiger partial charge >= 0.3 is 0 Å². The molecule has 4 heteroatoms. The van der Waals surface area contributed by atoms with Crippen LogP contribution in [0.15, 0.2) is 0 Å². The molecule has 0 saturated carbocycles. The number of hydrogen-bond donors (Lipinski definition) is 2. The van der Waals surface area contributed by atoms with Gasteiger partial charge < -0.3 is 10.7 Å². The van der Waals surface area contributed by atoms with E-state index >= 15 is 0 Å². The molecule has 0 bridgehead atoms. The van der Waals surface area contributed by atoms with Crippen LogP contribution in [0.5, 0.6) is 0 Å². The number of rotatable bonds is 1. The fraction of sp³-hybridized carbons (Fsp3) is 0.333. The van der Waals surface area contributed by atoms with Gasteiger partial charge in [0, 0.05) is 17.9 Å². The van der Waals surface area contributed by atoms with E-state index in [0.717, 1.165) is 11.4 Å². The van der Waals surface area contributed by atoms with Crippen LogP contribution >= 0.6 is 23.2 Å². The topological polar surface area (TPSA) is 41.8 Å². The second-order valence-corrected chi connectivity index (χ2v) is 2.82. The lowest BCUT2D eigenvalue weighted by Crippen LogP contribution is -1.96. The molecule has 0 radical (unpaired) electrons. The number of aryl methyl sites for hydroxylation is 1. The van der Waals surface area contributed by atoms with E-state index in [9.17, 15) is 0 Å². The summed E-state index contributed by atoms with van der Waals surface area (Å²) in [5, 5.41) is 1.11. The number of H-pyrrole nitrogens is 1. The van der Waals surface area contributed by atoms with Gasteiger partial charge in [0.1, 0.15) is 0 Å². The Hall–Kier alpha value is -0.180. The zero-order chi connectivity index (χ0) is 7.72. The van der Waals surface area contributed by atoms with Crippen LogP contribution < -0.4 is 5.73 Å². The zero-order valence-electron chi connectivity index (χ0n) is 5.54. The fourth-order valence-corrected chi connectivity index (χ4v) is 1.20. The highest BCUT2D eigenvalue weighted by Gasteiger charge is 2.08. The number of halogens is 2. The Kier molecular flexibility index (Phi) is 2.24. The van der Waals surface area contributed by atoms with Crippen molar-refractivity contribution >= 4 is 23.2 Å². The first kappa shape index (κ1) is 7.92. The highest BCUT2D eigenvalue weighted by Crippen LogP contribution is 2.28. The minimum atomic E-state index is 0.395. The van der Waals surface area contributed by atoms with E-state index in [0.29, 0.717) is 16.6 Å². The summed E-state index contributed by atoms with van der Waals surface area (Å²) in [6.07, 6.45) is 0. The van der Waals surface area contributed by atoms with E-state index in [1.165, 1.54) is 0 Å². The van der Waals surface area contributed by atoms with Gasteiger partial charge in [-0.1, -0.05) is 23.2 Å². The second kappa shape index (κ2) is 2.82. The predicted octanol–water partition coefficient (Wildman–Crippen LogP) is 2.09. The third kappa shape index (κ3) is 1.15. The van der Waals surface area contributed by atoms with E-state index in [1.807, 2.05) is 6.92 Å². The Morgan fingerprint density at radius 3 is 2.20 bits per heavy atom. The molecular weight excluding hydrogens is 171 g/mol. The SMILES string of the molecule is Cc1[nH]c(CN)c(Cl)c1Cl. The summed E-state index contributed by atoms with van der Waals surface area (Å²) in [5.41, 5.74) is 7.02. The number of hydrogen-bond acceptors (Lipinski definition) is 1. The molecule has 0 aromatic carbocycles. The summed E-state index contributed by atoms with van der Waals surface area (Å²) in [6.45, 7) is 2.25. The zero-order valence-corrected chi connectivity index (χ0v) is 7.05. The standard InChI is InChI=1S/C6H8Cl2N2/c1-3-5(7)6(8)4(2-9)10-3/h10H,2,9H2,1H3. The van der Waals surface area contributed by atoms with Crippen molar-refractivity contribution in [2.24, 2.45) is 5.73 Å². The molecule has 10 heavy (non-hydrogen) atoms. The molecule has 1 heterocycles. The van der Waals surface area contributed by atoms with Crippen molar-refractivity contribution in [3.05, 3.63) is 21.4 Å². The molecule has 2 nitrogen and oxygen atoms in total. The maximum absolute atomic E-state index is 5.77. The van der Waals surface area contributed by atoms with Crippen molar-refractivity contribution in [2.45, 2.75) is 13.5 Å². The van der Waals surface area contributed by atoms with Crippen molar-refractivity contribution in [1.82, 2.24) is 4.98 Å². The van der Waals surface area contributed by atoms with E-state index < -0.39 is 0 Å². The summed E-state index contributed by atoms with van der Waals surface area (Å²) in [7, 11) is 0. The molecule has 0 amide bonds. The Morgan fingerprint density at radius 2 is 2.00 bits per heavy atom. The van der Waals surface area contributed by atoms with Crippen LogP contribution in [0, 0.1) is 6.92 Å². The summed E-state index contributed by atoms with van der Waals surface area (Å²) in [4.78, 5) is 2.97. The van der Waals surface area contributed by atoms with Crippen LogP contribution in [0.2, 0.25) is 10.0 Å². The van der Waals surface area contributed by atoms with Crippen molar-refractivity contribution in [3.63, 3.8) is 0 Å². The Balaban J connectivity index is 3.17. The van der Waals surface area contributed by atoms with Gasteiger partial charge in [0.15, 0.2) is 0 Å². The first-order chi connectivity index (χ1) is 4.66. The highest BCUT2D eigenvalue weighted by molar-refractivity contribution is 6.43. The van der Waals surface area contributed by atoms with Gasteiger partial charge in [0.05, 0.1) is 10.0 Å². The van der Waals surface area contributed by atoms with Crippen LogP contribution in [0.1, 0.15) is 11.4 Å². The largest absolute Gasteiger partial charge is 0.359 e. The maximum atomic E-state index is 5.77. The van der Waals surface area contributed by atoms with Crippen LogP contribution in [-0.2, 0) is 6.54 Å². The van der Waals surface area contributed by atoms with Crippen molar-refractivity contribution < 1.29 is 0 Å². The van der Waals surface area contributed by atoms with Gasteiger partial charge in [-0.25, -0.2) is 0 Å². The summed E-state index contributed by atoms with van der Waals surface area (Å²) in [5.74, 6) is 0. The van der Waals surface area contributed by atoms with E-state index in [4.69, 9.17) is 28.9 Å².